The van der Waals surface area contributed by atoms with E-state index in [2.05, 4.69) is 25.5 Å². The molecule has 1 aromatic rings. The minimum atomic E-state index is -0.281. The summed E-state index contributed by atoms with van der Waals surface area (Å²) < 4.78 is 10.9. The second-order valence-electron chi connectivity index (χ2n) is 7.10. The number of amides is 1. The molecule has 2 aliphatic heterocycles. The average molecular weight is 361 g/mol. The zero-order chi connectivity index (χ0) is 17.8. The first-order chi connectivity index (χ1) is 12.8. The molecule has 0 unspecified atom stereocenters. The summed E-state index contributed by atoms with van der Waals surface area (Å²) in [5, 5.41) is 6.36. The van der Waals surface area contributed by atoms with E-state index < -0.39 is 0 Å². The van der Waals surface area contributed by atoms with Crippen molar-refractivity contribution in [1.82, 2.24) is 15.3 Å². The molecule has 2 saturated heterocycles. The van der Waals surface area contributed by atoms with Crippen molar-refractivity contribution in [2.45, 2.75) is 44.2 Å². The number of hydrogen-bond donors (Lipinski definition) is 2. The van der Waals surface area contributed by atoms with Gasteiger partial charge in [-0.25, -0.2) is 4.98 Å². The van der Waals surface area contributed by atoms with E-state index >= 15 is 0 Å². The molecule has 8 heteroatoms. The molecule has 3 fully saturated rings. The lowest BCUT2D eigenvalue weighted by Gasteiger charge is -2.28. The Morgan fingerprint density at radius 2 is 2.04 bits per heavy atom. The summed E-state index contributed by atoms with van der Waals surface area (Å²) >= 11 is 0. The summed E-state index contributed by atoms with van der Waals surface area (Å²) in [6.07, 6.45) is 4.53. The fraction of sp³-hybridized carbons (Fsp3) is 0.722. The van der Waals surface area contributed by atoms with Gasteiger partial charge in [-0.15, -0.1) is 0 Å². The molecule has 0 aromatic carbocycles. The van der Waals surface area contributed by atoms with Gasteiger partial charge in [0.15, 0.2) is 0 Å². The topological polar surface area (TPSA) is 88.6 Å². The number of anilines is 2. The Bertz CT molecular complexity index is 625. The van der Waals surface area contributed by atoms with Gasteiger partial charge in [-0.1, -0.05) is 0 Å². The van der Waals surface area contributed by atoms with Crippen molar-refractivity contribution in [3.8, 4) is 0 Å². The van der Waals surface area contributed by atoms with Crippen LogP contribution in [-0.4, -0.2) is 67.5 Å². The van der Waals surface area contributed by atoms with Crippen LogP contribution in [0.3, 0.4) is 0 Å². The van der Waals surface area contributed by atoms with Crippen LogP contribution < -0.4 is 15.5 Å². The molecular formula is C18H27N5O3. The molecule has 1 aliphatic carbocycles. The highest BCUT2D eigenvalue weighted by molar-refractivity contribution is 5.80. The summed E-state index contributed by atoms with van der Waals surface area (Å²) in [5.41, 5.74) is 0.942. The maximum atomic E-state index is 12.1. The van der Waals surface area contributed by atoms with E-state index in [9.17, 15) is 4.79 Å². The molecule has 8 nitrogen and oxygen atoms in total. The van der Waals surface area contributed by atoms with Gasteiger partial charge in [0, 0.05) is 50.5 Å². The third-order valence-corrected chi connectivity index (χ3v) is 4.91. The molecular weight excluding hydrogens is 334 g/mol. The largest absolute Gasteiger partial charge is 0.378 e. The van der Waals surface area contributed by atoms with E-state index in [0.717, 1.165) is 50.7 Å². The molecule has 1 atom stereocenters. The van der Waals surface area contributed by atoms with Crippen LogP contribution in [0.2, 0.25) is 0 Å². The van der Waals surface area contributed by atoms with Crippen LogP contribution in [0, 0.1) is 0 Å². The second kappa shape index (κ2) is 8.18. The van der Waals surface area contributed by atoms with Crippen molar-refractivity contribution in [3.63, 3.8) is 0 Å². The highest BCUT2D eigenvalue weighted by Crippen LogP contribution is 2.24. The van der Waals surface area contributed by atoms with Crippen molar-refractivity contribution >= 4 is 17.7 Å². The van der Waals surface area contributed by atoms with Crippen LogP contribution in [0.5, 0.6) is 0 Å². The zero-order valence-corrected chi connectivity index (χ0v) is 15.1. The maximum Gasteiger partial charge on any atom is 0.249 e. The smallest absolute Gasteiger partial charge is 0.249 e. The third-order valence-electron chi connectivity index (χ3n) is 4.91. The number of hydrogen-bond acceptors (Lipinski definition) is 7. The number of nitrogens with zero attached hydrogens (tertiary/aromatic N) is 3. The fourth-order valence-electron chi connectivity index (χ4n) is 3.25. The maximum absolute atomic E-state index is 12.1. The Labute approximate surface area is 153 Å². The van der Waals surface area contributed by atoms with Gasteiger partial charge >= 0.3 is 0 Å². The molecule has 142 valence electrons. The first-order valence-corrected chi connectivity index (χ1v) is 9.64. The van der Waals surface area contributed by atoms with Gasteiger partial charge < -0.3 is 25.0 Å². The number of rotatable bonds is 7. The molecule has 3 heterocycles. The first-order valence-electron chi connectivity index (χ1n) is 9.64. The number of morpholine rings is 1. The summed E-state index contributed by atoms with van der Waals surface area (Å²) in [5.74, 6) is 1.62. The van der Waals surface area contributed by atoms with E-state index in [1.807, 2.05) is 6.07 Å². The Morgan fingerprint density at radius 3 is 2.77 bits per heavy atom. The number of aromatic nitrogens is 2. The summed E-state index contributed by atoms with van der Waals surface area (Å²) in [4.78, 5) is 23.6. The van der Waals surface area contributed by atoms with Gasteiger partial charge in [-0.3, -0.25) is 4.79 Å². The third kappa shape index (κ3) is 4.62. The summed E-state index contributed by atoms with van der Waals surface area (Å²) in [6.45, 7) is 4.37. The highest BCUT2D eigenvalue weighted by atomic mass is 16.5. The first kappa shape index (κ1) is 17.5. The fourth-order valence-corrected chi connectivity index (χ4v) is 3.25. The van der Waals surface area contributed by atoms with E-state index in [1.54, 1.807) is 0 Å². The van der Waals surface area contributed by atoms with Gasteiger partial charge in [-0.2, -0.15) is 4.98 Å². The molecule has 3 aliphatic rings. The number of ether oxygens (including phenoxy) is 2. The molecule has 0 radical (unpaired) electrons. The standard InChI is InChI=1S/C18H27N5O3/c24-17(15-2-1-9-26-15)19-6-5-14-12-16(23-7-10-25-11-8-23)22-18(21-14)20-13-3-4-13/h12-13,15H,1-11H2,(H,19,24)(H,20,21,22)/t15-/m1/s1. The normalized spacial score (nSPS) is 23.1. The predicted octanol–water partition coefficient (Wildman–Crippen LogP) is 0.725. The lowest BCUT2D eigenvalue weighted by atomic mass is 10.2. The summed E-state index contributed by atoms with van der Waals surface area (Å²) in [6, 6.07) is 2.53. The van der Waals surface area contributed by atoms with Crippen LogP contribution in [-0.2, 0) is 20.7 Å². The van der Waals surface area contributed by atoms with Crippen molar-refractivity contribution in [1.29, 1.82) is 0 Å². The lowest BCUT2D eigenvalue weighted by molar-refractivity contribution is -0.129. The van der Waals surface area contributed by atoms with Gasteiger partial charge in [-0.05, 0) is 25.7 Å². The minimum absolute atomic E-state index is 0.0127. The van der Waals surface area contributed by atoms with Crippen LogP contribution in [0.15, 0.2) is 6.07 Å². The second-order valence-corrected chi connectivity index (χ2v) is 7.10. The van der Waals surface area contributed by atoms with Crippen molar-refractivity contribution < 1.29 is 14.3 Å². The van der Waals surface area contributed by atoms with E-state index in [-0.39, 0.29) is 12.0 Å². The Morgan fingerprint density at radius 1 is 1.19 bits per heavy atom. The quantitative estimate of drug-likeness (QED) is 0.740. The zero-order valence-electron chi connectivity index (χ0n) is 15.1. The van der Waals surface area contributed by atoms with Gasteiger partial charge in [0.2, 0.25) is 11.9 Å². The molecule has 2 N–H and O–H groups in total. The van der Waals surface area contributed by atoms with Crippen LogP contribution in [0.1, 0.15) is 31.4 Å². The van der Waals surface area contributed by atoms with E-state index in [4.69, 9.17) is 9.47 Å². The van der Waals surface area contributed by atoms with E-state index in [0.29, 0.717) is 31.6 Å². The highest BCUT2D eigenvalue weighted by Gasteiger charge is 2.24. The van der Waals surface area contributed by atoms with Crippen LogP contribution in [0.4, 0.5) is 11.8 Å². The molecule has 0 bridgehead atoms. The molecule has 26 heavy (non-hydrogen) atoms. The SMILES string of the molecule is O=C(NCCc1cc(N2CCOCC2)nc(NC2CC2)n1)[C@H]1CCCO1. The Hall–Kier alpha value is -1.93. The molecule has 1 amide bonds. The Kier molecular flexibility index (Phi) is 5.50. The number of carbonyl (C=O) groups is 1. The van der Waals surface area contributed by atoms with Crippen molar-refractivity contribution in [2.24, 2.45) is 0 Å². The lowest BCUT2D eigenvalue weighted by Crippen LogP contribution is -2.37. The van der Waals surface area contributed by atoms with Crippen molar-refractivity contribution in [3.05, 3.63) is 11.8 Å². The van der Waals surface area contributed by atoms with Crippen LogP contribution >= 0.6 is 0 Å². The van der Waals surface area contributed by atoms with Crippen LogP contribution in [0.25, 0.3) is 0 Å². The number of nitrogens with one attached hydrogen (secondary N) is 2. The minimum Gasteiger partial charge on any atom is -0.378 e. The summed E-state index contributed by atoms with van der Waals surface area (Å²) in [7, 11) is 0. The monoisotopic (exact) mass is 361 g/mol. The van der Waals surface area contributed by atoms with Crippen molar-refractivity contribution in [2.75, 3.05) is 49.7 Å². The molecule has 1 saturated carbocycles. The van der Waals surface area contributed by atoms with E-state index in [1.165, 1.54) is 12.8 Å². The molecule has 1 aromatic heterocycles. The van der Waals surface area contributed by atoms with Gasteiger partial charge in [0.1, 0.15) is 11.9 Å². The molecule has 4 rings (SSSR count). The average Bonchev–Trinajstić information content (AvgIpc) is 3.30. The van der Waals surface area contributed by atoms with Gasteiger partial charge in [0.25, 0.3) is 0 Å². The number of carbonyl (C=O) groups excluding carboxylic acids is 1. The van der Waals surface area contributed by atoms with Gasteiger partial charge in [0.05, 0.1) is 13.2 Å². The molecule has 0 spiro atoms. The predicted molar refractivity (Wildman–Crippen MR) is 97.4 cm³/mol. The Balaban J connectivity index is 1.39.